The molecular formula is C21H24N6O. The summed E-state index contributed by atoms with van der Waals surface area (Å²) in [6.07, 6.45) is 3.23. The van der Waals surface area contributed by atoms with Gasteiger partial charge in [0.2, 0.25) is 0 Å². The van der Waals surface area contributed by atoms with E-state index in [0.29, 0.717) is 5.56 Å². The highest BCUT2D eigenvalue weighted by atomic mass is 16.2. The Labute approximate surface area is 164 Å². The summed E-state index contributed by atoms with van der Waals surface area (Å²) in [5, 5.41) is 4.71. The average molecular weight is 376 g/mol. The third-order valence-corrected chi connectivity index (χ3v) is 5.82. The lowest BCUT2D eigenvalue weighted by atomic mass is 9.74. The van der Waals surface area contributed by atoms with Crippen molar-refractivity contribution in [3.05, 3.63) is 65.5 Å². The lowest BCUT2D eigenvalue weighted by Crippen LogP contribution is -2.74. The molecular weight excluding hydrogens is 352 g/mol. The Morgan fingerprint density at radius 2 is 1.50 bits per heavy atom. The lowest BCUT2D eigenvalue weighted by molar-refractivity contribution is -0.149. The van der Waals surface area contributed by atoms with Crippen LogP contribution in [0.5, 0.6) is 0 Å². The van der Waals surface area contributed by atoms with Gasteiger partial charge in [0.25, 0.3) is 5.91 Å². The van der Waals surface area contributed by atoms with Crippen molar-refractivity contribution in [2.24, 2.45) is 10.5 Å². The number of carbonyl (C=O) groups excluding carboxylic acids is 1. The second-order valence-electron chi connectivity index (χ2n) is 8.19. The number of aryl methyl sites for hydroxylation is 1. The number of hydrazone groups is 1. The normalized spacial score (nSPS) is 31.0. The van der Waals surface area contributed by atoms with Crippen molar-refractivity contribution >= 4 is 11.6 Å². The molecule has 1 aromatic carbocycles. The van der Waals surface area contributed by atoms with Gasteiger partial charge in [0.15, 0.2) is 0 Å². The Hall–Kier alpha value is -2.61. The van der Waals surface area contributed by atoms with Gasteiger partial charge < -0.3 is 0 Å². The number of benzene rings is 1. The van der Waals surface area contributed by atoms with Gasteiger partial charge in [-0.1, -0.05) is 29.8 Å². The van der Waals surface area contributed by atoms with E-state index < -0.39 is 0 Å². The summed E-state index contributed by atoms with van der Waals surface area (Å²) in [4.78, 5) is 23.9. The monoisotopic (exact) mass is 376 g/mol. The predicted octanol–water partition coefficient (Wildman–Crippen LogP) is 1.33. The van der Waals surface area contributed by atoms with Gasteiger partial charge >= 0.3 is 0 Å². The van der Waals surface area contributed by atoms with E-state index in [2.05, 4.69) is 56.3 Å². The summed E-state index contributed by atoms with van der Waals surface area (Å²) in [5.41, 5.74) is 6.52. The van der Waals surface area contributed by atoms with E-state index in [-0.39, 0.29) is 11.3 Å². The fourth-order valence-electron chi connectivity index (χ4n) is 4.82. The molecule has 0 atom stereocenters. The standard InChI is InChI=1S/C21H24N6O/c1-16-2-4-17(5-3-16)19(23-24-20(28)18-6-8-22-9-7-18)21-10-25-13-26(11-21)15-27(12-21)14-25/h2-9H,10-15H2,1H3,(H,24,28)/b23-19-. The van der Waals surface area contributed by atoms with Crippen LogP contribution in [-0.4, -0.2) is 70.9 Å². The molecule has 4 aliphatic heterocycles. The number of pyridine rings is 1. The third kappa shape index (κ3) is 3.11. The molecule has 4 saturated heterocycles. The molecule has 0 unspecified atom stereocenters. The van der Waals surface area contributed by atoms with Gasteiger partial charge in [0.05, 0.1) is 31.1 Å². The summed E-state index contributed by atoms with van der Waals surface area (Å²) < 4.78 is 0. The first kappa shape index (κ1) is 17.5. The Morgan fingerprint density at radius 1 is 0.929 bits per heavy atom. The minimum absolute atomic E-state index is 0.102. The second-order valence-corrected chi connectivity index (χ2v) is 8.19. The van der Waals surface area contributed by atoms with E-state index in [0.717, 1.165) is 50.9 Å². The summed E-state index contributed by atoms with van der Waals surface area (Å²) >= 11 is 0. The largest absolute Gasteiger partial charge is 0.276 e. The number of aromatic nitrogens is 1. The molecule has 1 N–H and O–H groups in total. The van der Waals surface area contributed by atoms with Crippen LogP contribution in [0, 0.1) is 12.3 Å². The molecule has 5 heterocycles. The maximum absolute atomic E-state index is 12.6. The smallest absolute Gasteiger partial charge is 0.271 e. The van der Waals surface area contributed by atoms with Crippen molar-refractivity contribution in [3.8, 4) is 0 Å². The fourth-order valence-corrected chi connectivity index (χ4v) is 4.82. The van der Waals surface area contributed by atoms with Crippen LogP contribution in [0.3, 0.4) is 0 Å². The highest BCUT2D eigenvalue weighted by Gasteiger charge is 2.51. The summed E-state index contributed by atoms with van der Waals surface area (Å²) in [6.45, 7) is 8.04. The zero-order valence-corrected chi connectivity index (χ0v) is 16.0. The van der Waals surface area contributed by atoms with Crippen LogP contribution in [0.15, 0.2) is 53.9 Å². The van der Waals surface area contributed by atoms with Crippen molar-refractivity contribution < 1.29 is 4.79 Å². The minimum atomic E-state index is -0.211. The van der Waals surface area contributed by atoms with E-state index in [9.17, 15) is 4.79 Å². The van der Waals surface area contributed by atoms with E-state index in [1.807, 2.05) is 0 Å². The van der Waals surface area contributed by atoms with Gasteiger partial charge in [-0.2, -0.15) is 5.10 Å². The van der Waals surface area contributed by atoms with E-state index >= 15 is 0 Å². The van der Waals surface area contributed by atoms with Crippen LogP contribution in [0.4, 0.5) is 0 Å². The molecule has 1 amide bonds. The van der Waals surface area contributed by atoms with Gasteiger partial charge in [-0.3, -0.25) is 24.5 Å². The predicted molar refractivity (Wildman–Crippen MR) is 107 cm³/mol. The summed E-state index contributed by atoms with van der Waals surface area (Å²) in [7, 11) is 0. The number of nitrogens with zero attached hydrogens (tertiary/aromatic N) is 5. The molecule has 4 bridgehead atoms. The van der Waals surface area contributed by atoms with Crippen molar-refractivity contribution in [1.82, 2.24) is 25.1 Å². The molecule has 0 saturated carbocycles. The zero-order valence-electron chi connectivity index (χ0n) is 16.0. The van der Waals surface area contributed by atoms with Gasteiger partial charge in [-0.05, 0) is 24.6 Å². The topological polar surface area (TPSA) is 64.1 Å². The third-order valence-electron chi connectivity index (χ3n) is 5.82. The Bertz CT molecular complexity index is 873. The molecule has 2 aromatic rings. The number of hydrogen-bond donors (Lipinski definition) is 1. The van der Waals surface area contributed by atoms with Gasteiger partial charge in [-0.15, -0.1) is 0 Å². The Kier molecular flexibility index (Phi) is 4.23. The minimum Gasteiger partial charge on any atom is -0.276 e. The van der Waals surface area contributed by atoms with Crippen LogP contribution >= 0.6 is 0 Å². The molecule has 144 valence electrons. The zero-order chi connectivity index (χ0) is 19.1. The number of rotatable bonds is 4. The molecule has 4 fully saturated rings. The number of carbonyl (C=O) groups is 1. The lowest BCUT2D eigenvalue weighted by Gasteiger charge is -2.60. The van der Waals surface area contributed by atoms with Crippen molar-refractivity contribution in [3.63, 3.8) is 0 Å². The van der Waals surface area contributed by atoms with Crippen molar-refractivity contribution in [2.45, 2.75) is 6.92 Å². The number of nitrogens with one attached hydrogen (secondary N) is 1. The quantitative estimate of drug-likeness (QED) is 0.644. The van der Waals surface area contributed by atoms with Crippen LogP contribution in [0.1, 0.15) is 21.5 Å². The van der Waals surface area contributed by atoms with E-state index in [1.54, 1.807) is 24.5 Å². The van der Waals surface area contributed by atoms with E-state index in [1.165, 1.54) is 5.56 Å². The first-order valence-corrected chi connectivity index (χ1v) is 9.64. The Balaban J connectivity index is 1.50. The summed E-state index contributed by atoms with van der Waals surface area (Å²) in [6, 6.07) is 11.8. The molecule has 28 heavy (non-hydrogen) atoms. The van der Waals surface area contributed by atoms with Gasteiger partial charge in [0, 0.05) is 37.6 Å². The highest BCUT2D eigenvalue weighted by molar-refractivity contribution is 6.06. The molecule has 7 heteroatoms. The fraction of sp³-hybridized carbons (Fsp3) is 0.381. The molecule has 0 spiro atoms. The summed E-state index contributed by atoms with van der Waals surface area (Å²) in [5.74, 6) is -0.211. The van der Waals surface area contributed by atoms with Gasteiger partial charge in [-0.25, -0.2) is 5.43 Å². The SMILES string of the molecule is Cc1ccc(/C(=N/NC(=O)c2ccncc2)C23CN4CN(CN(C4)C2)C3)cc1. The van der Waals surface area contributed by atoms with Crippen molar-refractivity contribution in [2.75, 3.05) is 39.6 Å². The molecule has 4 aliphatic rings. The highest BCUT2D eigenvalue weighted by Crippen LogP contribution is 2.38. The maximum atomic E-state index is 12.6. The molecule has 7 nitrogen and oxygen atoms in total. The first-order chi connectivity index (χ1) is 13.6. The van der Waals surface area contributed by atoms with Crippen LogP contribution in [0.2, 0.25) is 0 Å². The van der Waals surface area contributed by atoms with Crippen LogP contribution in [0.25, 0.3) is 0 Å². The number of hydrogen-bond acceptors (Lipinski definition) is 6. The van der Waals surface area contributed by atoms with E-state index in [4.69, 9.17) is 5.10 Å². The Morgan fingerprint density at radius 3 is 2.07 bits per heavy atom. The molecule has 6 rings (SSSR count). The van der Waals surface area contributed by atoms with Crippen LogP contribution in [-0.2, 0) is 0 Å². The first-order valence-electron chi connectivity index (χ1n) is 9.64. The molecule has 0 radical (unpaired) electrons. The second kappa shape index (κ2) is 6.77. The van der Waals surface area contributed by atoms with Gasteiger partial charge in [0.1, 0.15) is 0 Å². The number of amides is 1. The molecule has 1 aromatic heterocycles. The van der Waals surface area contributed by atoms with Crippen LogP contribution < -0.4 is 5.43 Å². The molecule has 0 aliphatic carbocycles. The van der Waals surface area contributed by atoms with Crippen molar-refractivity contribution in [1.29, 1.82) is 0 Å². The maximum Gasteiger partial charge on any atom is 0.271 e. The average Bonchev–Trinajstić information content (AvgIpc) is 2.69.